The first-order valence-corrected chi connectivity index (χ1v) is 8.20. The van der Waals surface area contributed by atoms with Crippen LogP contribution >= 0.6 is 11.6 Å². The summed E-state index contributed by atoms with van der Waals surface area (Å²) in [7, 11) is 6.32. The van der Waals surface area contributed by atoms with Crippen molar-refractivity contribution >= 4 is 17.5 Å². The van der Waals surface area contributed by atoms with Crippen LogP contribution in [0.2, 0.25) is 5.02 Å². The highest BCUT2D eigenvalue weighted by Crippen LogP contribution is 2.18. The fraction of sp³-hybridized carbons (Fsp3) is 0.588. The normalized spacial score (nSPS) is 23.3. The molecule has 1 saturated heterocycles. The number of nitrogens with zero attached hydrogens (tertiary/aromatic N) is 2. The molecule has 1 aromatic carbocycles. The number of halogens is 1. The summed E-state index contributed by atoms with van der Waals surface area (Å²) >= 11 is 5.87. The highest BCUT2D eigenvalue weighted by molar-refractivity contribution is 6.30. The topological polar surface area (TPSA) is 35.6 Å². The lowest BCUT2D eigenvalue weighted by Crippen LogP contribution is -2.39. The molecule has 4 nitrogen and oxygen atoms in total. The van der Waals surface area contributed by atoms with Gasteiger partial charge in [0.15, 0.2) is 0 Å². The molecule has 1 amide bonds. The van der Waals surface area contributed by atoms with E-state index in [2.05, 4.69) is 36.3 Å². The molecule has 0 saturated carbocycles. The smallest absolute Gasteiger partial charge is 0.224 e. The standard InChI is InChI=1S/C17H26ClN3O/c1-20(2)16-9-6-14(11-21(3)12-16)17(22)19-10-13-4-7-15(18)8-5-13/h4-5,7-8,14,16H,6,9-12H2,1-3H3,(H,19,22)/t14-,16+/m1/s1. The Hall–Kier alpha value is -1.10. The van der Waals surface area contributed by atoms with Gasteiger partial charge in [0.2, 0.25) is 5.91 Å². The van der Waals surface area contributed by atoms with Gasteiger partial charge in [-0.15, -0.1) is 0 Å². The number of benzene rings is 1. The van der Waals surface area contributed by atoms with E-state index in [1.807, 2.05) is 24.3 Å². The number of nitrogens with one attached hydrogen (secondary N) is 1. The second-order valence-electron chi connectivity index (χ2n) is 6.46. The van der Waals surface area contributed by atoms with Crippen LogP contribution in [0.3, 0.4) is 0 Å². The molecule has 122 valence electrons. The Morgan fingerprint density at radius 2 is 1.95 bits per heavy atom. The summed E-state index contributed by atoms with van der Waals surface area (Å²) in [6, 6.07) is 8.13. The number of hydrogen-bond acceptors (Lipinski definition) is 3. The van der Waals surface area contributed by atoms with Gasteiger partial charge in [-0.25, -0.2) is 0 Å². The van der Waals surface area contributed by atoms with Gasteiger partial charge in [-0.2, -0.15) is 0 Å². The Morgan fingerprint density at radius 1 is 1.27 bits per heavy atom. The van der Waals surface area contributed by atoms with Gasteiger partial charge in [0, 0.05) is 30.7 Å². The lowest BCUT2D eigenvalue weighted by molar-refractivity contribution is -0.125. The average Bonchev–Trinajstić information content (AvgIpc) is 2.68. The molecule has 1 aliphatic rings. The van der Waals surface area contributed by atoms with Crippen molar-refractivity contribution in [3.8, 4) is 0 Å². The Labute approximate surface area is 138 Å². The summed E-state index contributed by atoms with van der Waals surface area (Å²) in [5.41, 5.74) is 1.07. The number of likely N-dealkylation sites (tertiary alicyclic amines) is 1. The zero-order chi connectivity index (χ0) is 16.1. The average molecular weight is 324 g/mol. The van der Waals surface area contributed by atoms with Gasteiger partial charge in [0.1, 0.15) is 0 Å². The van der Waals surface area contributed by atoms with Crippen molar-refractivity contribution in [1.29, 1.82) is 0 Å². The number of likely N-dealkylation sites (N-methyl/N-ethyl adjacent to an activating group) is 2. The second-order valence-corrected chi connectivity index (χ2v) is 6.89. The molecule has 2 rings (SSSR count). The maximum Gasteiger partial charge on any atom is 0.224 e. The molecule has 1 heterocycles. The summed E-state index contributed by atoms with van der Waals surface area (Å²) < 4.78 is 0. The third-order valence-electron chi connectivity index (χ3n) is 4.38. The third kappa shape index (κ3) is 4.97. The summed E-state index contributed by atoms with van der Waals surface area (Å²) in [6.07, 6.45) is 2.01. The molecular formula is C17H26ClN3O. The van der Waals surface area contributed by atoms with E-state index in [4.69, 9.17) is 11.6 Å². The van der Waals surface area contributed by atoms with Gasteiger partial charge in [-0.3, -0.25) is 4.79 Å². The molecule has 0 aliphatic carbocycles. The minimum Gasteiger partial charge on any atom is -0.352 e. The van der Waals surface area contributed by atoms with Crippen LogP contribution in [0.4, 0.5) is 0 Å². The maximum atomic E-state index is 12.4. The van der Waals surface area contributed by atoms with Gasteiger partial charge in [-0.1, -0.05) is 23.7 Å². The summed E-state index contributed by atoms with van der Waals surface area (Å²) in [4.78, 5) is 17.0. The van der Waals surface area contributed by atoms with Gasteiger partial charge in [0.05, 0.1) is 5.92 Å². The fourth-order valence-corrected chi connectivity index (χ4v) is 3.08. The lowest BCUT2D eigenvalue weighted by Gasteiger charge is -2.25. The molecule has 0 radical (unpaired) electrons. The van der Waals surface area contributed by atoms with E-state index in [1.54, 1.807) is 0 Å². The molecule has 1 fully saturated rings. The van der Waals surface area contributed by atoms with Gasteiger partial charge >= 0.3 is 0 Å². The summed E-state index contributed by atoms with van der Waals surface area (Å²) in [6.45, 7) is 2.41. The van der Waals surface area contributed by atoms with Crippen molar-refractivity contribution in [2.45, 2.75) is 25.4 Å². The molecule has 2 atom stereocenters. The molecule has 0 aromatic heterocycles. The van der Waals surface area contributed by atoms with Crippen molar-refractivity contribution in [3.63, 3.8) is 0 Å². The van der Waals surface area contributed by atoms with E-state index in [-0.39, 0.29) is 11.8 Å². The quantitative estimate of drug-likeness (QED) is 0.923. The molecule has 1 aliphatic heterocycles. The number of carbonyl (C=O) groups is 1. The van der Waals surface area contributed by atoms with E-state index in [9.17, 15) is 4.79 Å². The number of amides is 1. The zero-order valence-electron chi connectivity index (χ0n) is 13.7. The van der Waals surface area contributed by atoms with Crippen molar-refractivity contribution in [1.82, 2.24) is 15.1 Å². The lowest BCUT2D eigenvalue weighted by atomic mass is 10.0. The number of rotatable bonds is 4. The van der Waals surface area contributed by atoms with Crippen molar-refractivity contribution < 1.29 is 4.79 Å². The molecule has 0 unspecified atom stereocenters. The third-order valence-corrected chi connectivity index (χ3v) is 4.64. The number of carbonyl (C=O) groups excluding carboxylic acids is 1. The molecule has 1 N–H and O–H groups in total. The predicted molar refractivity (Wildman–Crippen MR) is 91.0 cm³/mol. The largest absolute Gasteiger partial charge is 0.352 e. The molecular weight excluding hydrogens is 298 g/mol. The minimum atomic E-state index is 0.0715. The van der Waals surface area contributed by atoms with Crippen LogP contribution in [0.25, 0.3) is 0 Å². The molecule has 1 aromatic rings. The van der Waals surface area contributed by atoms with Crippen molar-refractivity contribution in [2.75, 3.05) is 34.2 Å². The maximum absolute atomic E-state index is 12.4. The van der Waals surface area contributed by atoms with Crippen LogP contribution in [0.15, 0.2) is 24.3 Å². The first kappa shape index (κ1) is 17.3. The van der Waals surface area contributed by atoms with E-state index in [0.29, 0.717) is 12.6 Å². The van der Waals surface area contributed by atoms with Crippen LogP contribution in [-0.2, 0) is 11.3 Å². The molecule has 22 heavy (non-hydrogen) atoms. The van der Waals surface area contributed by atoms with E-state index in [1.165, 1.54) is 0 Å². The number of hydrogen-bond donors (Lipinski definition) is 1. The van der Waals surface area contributed by atoms with Crippen LogP contribution in [0.5, 0.6) is 0 Å². The van der Waals surface area contributed by atoms with Crippen molar-refractivity contribution in [3.05, 3.63) is 34.9 Å². The summed E-state index contributed by atoms with van der Waals surface area (Å²) in [5.74, 6) is 0.225. The van der Waals surface area contributed by atoms with Crippen molar-refractivity contribution in [2.24, 2.45) is 5.92 Å². The molecule has 5 heteroatoms. The Morgan fingerprint density at radius 3 is 2.59 bits per heavy atom. The second kappa shape index (κ2) is 7.95. The van der Waals surface area contributed by atoms with Crippen LogP contribution in [-0.4, -0.2) is 56.0 Å². The highest BCUT2D eigenvalue weighted by Gasteiger charge is 2.27. The van der Waals surface area contributed by atoms with E-state index >= 15 is 0 Å². The first-order valence-electron chi connectivity index (χ1n) is 7.83. The SMILES string of the molecule is CN1C[C@H](C(=O)NCc2ccc(Cl)cc2)CC[C@H](N(C)C)C1. The van der Waals surface area contributed by atoms with Crippen LogP contribution < -0.4 is 5.32 Å². The van der Waals surface area contributed by atoms with Crippen LogP contribution in [0.1, 0.15) is 18.4 Å². The van der Waals surface area contributed by atoms with Gasteiger partial charge < -0.3 is 15.1 Å². The predicted octanol–water partition coefficient (Wildman–Crippen LogP) is 2.23. The highest BCUT2D eigenvalue weighted by atomic mass is 35.5. The summed E-state index contributed by atoms with van der Waals surface area (Å²) in [5, 5.41) is 3.78. The van der Waals surface area contributed by atoms with E-state index in [0.717, 1.165) is 36.5 Å². The van der Waals surface area contributed by atoms with Gasteiger partial charge in [-0.05, 0) is 51.7 Å². The Kier molecular flexibility index (Phi) is 6.24. The minimum absolute atomic E-state index is 0.0715. The fourth-order valence-electron chi connectivity index (χ4n) is 2.96. The Balaban J connectivity index is 1.87. The van der Waals surface area contributed by atoms with Crippen LogP contribution in [0, 0.1) is 5.92 Å². The Bertz CT molecular complexity index is 489. The van der Waals surface area contributed by atoms with Gasteiger partial charge in [0.25, 0.3) is 0 Å². The zero-order valence-corrected chi connectivity index (χ0v) is 14.4. The first-order chi connectivity index (χ1) is 10.5. The van der Waals surface area contributed by atoms with E-state index < -0.39 is 0 Å². The molecule has 0 spiro atoms. The monoisotopic (exact) mass is 323 g/mol. The molecule has 0 bridgehead atoms.